The van der Waals surface area contributed by atoms with Gasteiger partial charge in [-0.2, -0.15) is 0 Å². The van der Waals surface area contributed by atoms with E-state index in [1.54, 1.807) is 0 Å². The molecule has 1 aromatic carbocycles. The first kappa shape index (κ1) is 12.8. The van der Waals surface area contributed by atoms with Gasteiger partial charge < -0.3 is 10.4 Å². The molecule has 0 heterocycles. The number of benzene rings is 1. The number of carbonyl (C=O) groups excluding carboxylic acids is 1. The molecule has 2 N–H and O–H groups in total. The van der Waals surface area contributed by atoms with Gasteiger partial charge in [-0.05, 0) is 5.56 Å². The van der Waals surface area contributed by atoms with Crippen LogP contribution in [0.1, 0.15) is 12.0 Å². The van der Waals surface area contributed by atoms with Gasteiger partial charge in [0.15, 0.2) is 0 Å². The van der Waals surface area contributed by atoms with Crippen LogP contribution in [-0.2, 0) is 16.0 Å². The Balaban J connectivity index is 2.49. The first-order valence-electron chi connectivity index (χ1n) is 5.13. The van der Waals surface area contributed by atoms with Gasteiger partial charge in [0, 0.05) is 0 Å². The molecule has 0 aliphatic rings. The molecule has 1 amide bonds. The van der Waals surface area contributed by atoms with E-state index >= 15 is 0 Å². The SMILES string of the molecule is C#C[C@H](CC(=O)O)NC(=O)Cc1ccccc1. The second-order valence-corrected chi connectivity index (χ2v) is 3.55. The van der Waals surface area contributed by atoms with E-state index in [1.807, 2.05) is 30.3 Å². The zero-order chi connectivity index (χ0) is 12.7. The summed E-state index contributed by atoms with van der Waals surface area (Å²) in [5, 5.41) is 11.1. The average Bonchev–Trinajstić information content (AvgIpc) is 2.28. The van der Waals surface area contributed by atoms with Gasteiger partial charge in [-0.3, -0.25) is 9.59 Å². The number of carbonyl (C=O) groups is 2. The van der Waals surface area contributed by atoms with Gasteiger partial charge >= 0.3 is 5.97 Å². The van der Waals surface area contributed by atoms with Gasteiger partial charge in [-0.1, -0.05) is 36.3 Å². The van der Waals surface area contributed by atoms with E-state index in [-0.39, 0.29) is 18.7 Å². The van der Waals surface area contributed by atoms with E-state index in [9.17, 15) is 9.59 Å². The van der Waals surface area contributed by atoms with Crippen molar-refractivity contribution in [3.63, 3.8) is 0 Å². The molecule has 0 fully saturated rings. The fourth-order valence-corrected chi connectivity index (χ4v) is 1.35. The summed E-state index contributed by atoms with van der Waals surface area (Å²) in [5.41, 5.74) is 0.857. The molecule has 17 heavy (non-hydrogen) atoms. The minimum absolute atomic E-state index is 0.193. The van der Waals surface area contributed by atoms with E-state index in [2.05, 4.69) is 11.2 Å². The third-order valence-electron chi connectivity index (χ3n) is 2.12. The second kappa shape index (κ2) is 6.33. The quantitative estimate of drug-likeness (QED) is 0.737. The number of carboxylic acid groups (broad SMARTS) is 1. The Morgan fingerprint density at radius 3 is 2.53 bits per heavy atom. The van der Waals surface area contributed by atoms with Crippen LogP contribution in [0, 0.1) is 12.3 Å². The topological polar surface area (TPSA) is 66.4 Å². The van der Waals surface area contributed by atoms with Crippen LogP contribution in [0.5, 0.6) is 0 Å². The predicted octanol–water partition coefficient (Wildman–Crippen LogP) is 0.822. The van der Waals surface area contributed by atoms with Crippen molar-refractivity contribution in [3.05, 3.63) is 35.9 Å². The lowest BCUT2D eigenvalue weighted by molar-refractivity contribution is -0.137. The second-order valence-electron chi connectivity index (χ2n) is 3.55. The van der Waals surface area contributed by atoms with Crippen molar-refractivity contribution in [2.45, 2.75) is 18.9 Å². The lowest BCUT2D eigenvalue weighted by atomic mass is 10.1. The first-order valence-corrected chi connectivity index (χ1v) is 5.13. The zero-order valence-electron chi connectivity index (χ0n) is 9.22. The van der Waals surface area contributed by atoms with Crippen molar-refractivity contribution in [1.29, 1.82) is 0 Å². The lowest BCUT2D eigenvalue weighted by Gasteiger charge is -2.10. The van der Waals surface area contributed by atoms with E-state index in [0.29, 0.717) is 0 Å². The molecular formula is C13H13NO3. The number of amides is 1. The minimum atomic E-state index is -1.03. The third-order valence-corrected chi connectivity index (χ3v) is 2.12. The maximum atomic E-state index is 11.6. The Kier molecular flexibility index (Phi) is 4.77. The molecule has 1 rings (SSSR count). The zero-order valence-corrected chi connectivity index (χ0v) is 9.22. The number of carboxylic acids is 1. The van der Waals surface area contributed by atoms with Crippen molar-refractivity contribution in [2.24, 2.45) is 0 Å². The van der Waals surface area contributed by atoms with Crippen LogP contribution in [0.15, 0.2) is 30.3 Å². The smallest absolute Gasteiger partial charge is 0.306 e. The summed E-state index contributed by atoms with van der Waals surface area (Å²) in [6, 6.07) is 8.40. The van der Waals surface area contributed by atoms with Crippen molar-refractivity contribution in [1.82, 2.24) is 5.32 Å². The number of hydrogen-bond acceptors (Lipinski definition) is 2. The molecule has 0 spiro atoms. The number of nitrogens with one attached hydrogen (secondary N) is 1. The fraction of sp³-hybridized carbons (Fsp3) is 0.231. The minimum Gasteiger partial charge on any atom is -0.481 e. The van der Waals surface area contributed by atoms with Gasteiger partial charge in [0.2, 0.25) is 5.91 Å². The molecule has 0 radical (unpaired) electrons. The van der Waals surface area contributed by atoms with Crippen molar-refractivity contribution >= 4 is 11.9 Å². The van der Waals surface area contributed by atoms with E-state index in [0.717, 1.165) is 5.56 Å². The lowest BCUT2D eigenvalue weighted by Crippen LogP contribution is -2.36. The highest BCUT2D eigenvalue weighted by Crippen LogP contribution is 2.00. The highest BCUT2D eigenvalue weighted by molar-refractivity contribution is 5.80. The molecule has 0 bridgehead atoms. The highest BCUT2D eigenvalue weighted by atomic mass is 16.4. The van der Waals surface area contributed by atoms with Crippen LogP contribution in [0.3, 0.4) is 0 Å². The van der Waals surface area contributed by atoms with Crippen LogP contribution in [-0.4, -0.2) is 23.0 Å². The molecule has 4 heteroatoms. The number of hydrogen-bond donors (Lipinski definition) is 2. The third kappa shape index (κ3) is 4.85. The molecule has 1 atom stereocenters. The molecular weight excluding hydrogens is 218 g/mol. The maximum absolute atomic E-state index is 11.6. The van der Waals surface area contributed by atoms with Crippen LogP contribution in [0.25, 0.3) is 0 Å². The molecule has 4 nitrogen and oxygen atoms in total. The molecule has 88 valence electrons. The predicted molar refractivity (Wildman–Crippen MR) is 63.2 cm³/mol. The standard InChI is InChI=1S/C13H13NO3/c1-2-11(9-13(16)17)14-12(15)8-10-6-4-3-5-7-10/h1,3-7,11H,8-9H2,(H,14,15)(H,16,17)/t11-/m1/s1. The molecule has 0 aromatic heterocycles. The Morgan fingerprint density at radius 2 is 2.00 bits per heavy atom. The van der Waals surface area contributed by atoms with E-state index in [1.165, 1.54) is 0 Å². The Hall–Kier alpha value is -2.28. The van der Waals surface area contributed by atoms with Gasteiger partial charge in [0.1, 0.15) is 6.04 Å². The van der Waals surface area contributed by atoms with Gasteiger partial charge in [-0.15, -0.1) is 6.42 Å². The number of rotatable bonds is 5. The van der Waals surface area contributed by atoms with E-state index < -0.39 is 12.0 Å². The van der Waals surface area contributed by atoms with Gasteiger partial charge in [0.25, 0.3) is 0 Å². The number of terminal acetylenes is 1. The van der Waals surface area contributed by atoms with Crippen LogP contribution >= 0.6 is 0 Å². The van der Waals surface area contributed by atoms with Crippen molar-refractivity contribution in [2.75, 3.05) is 0 Å². The molecule has 0 aliphatic heterocycles. The van der Waals surface area contributed by atoms with Crippen LogP contribution in [0.4, 0.5) is 0 Å². The fourth-order valence-electron chi connectivity index (χ4n) is 1.35. The highest BCUT2D eigenvalue weighted by Gasteiger charge is 2.13. The summed E-state index contributed by atoms with van der Waals surface area (Å²) >= 11 is 0. The molecule has 0 aliphatic carbocycles. The molecule has 0 unspecified atom stereocenters. The average molecular weight is 231 g/mol. The summed E-state index contributed by atoms with van der Waals surface area (Å²) < 4.78 is 0. The summed E-state index contributed by atoms with van der Waals surface area (Å²) in [5.74, 6) is 0.926. The van der Waals surface area contributed by atoms with Gasteiger partial charge in [0.05, 0.1) is 12.8 Å². The largest absolute Gasteiger partial charge is 0.481 e. The summed E-state index contributed by atoms with van der Waals surface area (Å²) in [7, 11) is 0. The summed E-state index contributed by atoms with van der Waals surface area (Å²) in [4.78, 5) is 22.0. The van der Waals surface area contributed by atoms with E-state index in [4.69, 9.17) is 11.5 Å². The van der Waals surface area contributed by atoms with Crippen molar-refractivity contribution < 1.29 is 14.7 Å². The normalized spacial score (nSPS) is 11.2. The molecule has 1 aromatic rings. The Labute approximate surface area is 99.7 Å². The summed E-state index contributed by atoms with van der Waals surface area (Å²) in [6.45, 7) is 0. The summed E-state index contributed by atoms with van der Waals surface area (Å²) in [6.07, 6.45) is 5.06. The van der Waals surface area contributed by atoms with Gasteiger partial charge in [-0.25, -0.2) is 0 Å². The molecule has 0 saturated carbocycles. The van der Waals surface area contributed by atoms with Crippen LogP contribution in [0.2, 0.25) is 0 Å². The Bertz CT molecular complexity index is 434. The first-order chi connectivity index (χ1) is 8.11. The number of aliphatic carboxylic acids is 1. The Morgan fingerprint density at radius 1 is 1.35 bits per heavy atom. The van der Waals surface area contributed by atoms with Crippen molar-refractivity contribution in [3.8, 4) is 12.3 Å². The maximum Gasteiger partial charge on any atom is 0.306 e. The monoisotopic (exact) mass is 231 g/mol. The van der Waals surface area contributed by atoms with Crippen LogP contribution < -0.4 is 5.32 Å². The molecule has 0 saturated heterocycles.